The predicted octanol–water partition coefficient (Wildman–Crippen LogP) is 0.457. The second-order valence-electron chi connectivity index (χ2n) is 3.22. The van der Waals surface area contributed by atoms with Crippen LogP contribution in [-0.4, -0.2) is 28.5 Å². The van der Waals surface area contributed by atoms with Crippen LogP contribution in [0.5, 0.6) is 0 Å². The van der Waals surface area contributed by atoms with Gasteiger partial charge in [-0.2, -0.15) is 0 Å². The molecule has 86 valence electrons. The van der Waals surface area contributed by atoms with E-state index in [4.69, 9.17) is 10.8 Å². The van der Waals surface area contributed by atoms with Crippen LogP contribution < -0.4 is 11.1 Å². The zero-order valence-corrected chi connectivity index (χ0v) is 8.64. The molecule has 0 spiro atoms. The molecule has 0 atom stereocenters. The number of pyridine rings is 1. The van der Waals surface area contributed by atoms with E-state index >= 15 is 0 Å². The Labute approximate surface area is 92.5 Å². The van der Waals surface area contributed by atoms with Gasteiger partial charge >= 0.3 is 5.97 Å². The van der Waals surface area contributed by atoms with Crippen molar-refractivity contribution < 1.29 is 14.7 Å². The van der Waals surface area contributed by atoms with Crippen LogP contribution in [0.15, 0.2) is 18.3 Å². The number of anilines is 1. The number of hydrogen-bond donors (Lipinski definition) is 3. The van der Waals surface area contributed by atoms with Crippen molar-refractivity contribution in [3.63, 3.8) is 0 Å². The van der Waals surface area contributed by atoms with Crippen LogP contribution in [0.1, 0.15) is 23.2 Å². The normalized spacial score (nSPS) is 9.75. The first kappa shape index (κ1) is 12.0. The van der Waals surface area contributed by atoms with E-state index in [-0.39, 0.29) is 6.42 Å². The molecule has 6 nitrogen and oxygen atoms in total. The van der Waals surface area contributed by atoms with Gasteiger partial charge in [-0.3, -0.25) is 9.59 Å². The fourth-order valence-electron chi connectivity index (χ4n) is 1.14. The van der Waals surface area contributed by atoms with Gasteiger partial charge < -0.3 is 16.2 Å². The lowest BCUT2D eigenvalue weighted by Gasteiger charge is -2.04. The number of primary amides is 1. The summed E-state index contributed by atoms with van der Waals surface area (Å²) in [5.41, 5.74) is 5.48. The Morgan fingerprint density at radius 1 is 1.50 bits per heavy atom. The van der Waals surface area contributed by atoms with Crippen molar-refractivity contribution in [1.82, 2.24) is 4.98 Å². The molecule has 0 aliphatic heterocycles. The lowest BCUT2D eigenvalue weighted by molar-refractivity contribution is -0.137. The van der Waals surface area contributed by atoms with Crippen molar-refractivity contribution in [2.24, 2.45) is 5.73 Å². The molecule has 0 bridgehead atoms. The number of amides is 1. The van der Waals surface area contributed by atoms with Crippen molar-refractivity contribution >= 4 is 17.7 Å². The van der Waals surface area contributed by atoms with Crippen LogP contribution >= 0.6 is 0 Å². The number of nitrogens with two attached hydrogens (primary N) is 1. The molecule has 1 rings (SSSR count). The summed E-state index contributed by atoms with van der Waals surface area (Å²) in [4.78, 5) is 25.1. The molecule has 0 radical (unpaired) electrons. The number of nitrogens with one attached hydrogen (secondary N) is 1. The largest absolute Gasteiger partial charge is 0.481 e. The van der Waals surface area contributed by atoms with Gasteiger partial charge in [0.05, 0.1) is 0 Å². The van der Waals surface area contributed by atoms with E-state index < -0.39 is 11.9 Å². The number of carboxylic acids is 1. The average Bonchev–Trinajstić information content (AvgIpc) is 2.24. The summed E-state index contributed by atoms with van der Waals surface area (Å²) in [5.74, 6) is -0.835. The predicted molar refractivity (Wildman–Crippen MR) is 58.1 cm³/mol. The Morgan fingerprint density at radius 2 is 2.25 bits per heavy atom. The summed E-state index contributed by atoms with van der Waals surface area (Å²) in [6.07, 6.45) is 2.07. The van der Waals surface area contributed by atoms with Gasteiger partial charge in [-0.15, -0.1) is 0 Å². The Morgan fingerprint density at radius 3 is 2.88 bits per heavy atom. The van der Waals surface area contributed by atoms with E-state index in [1.165, 1.54) is 18.3 Å². The van der Waals surface area contributed by atoms with Crippen molar-refractivity contribution in [3.8, 4) is 0 Å². The summed E-state index contributed by atoms with van der Waals surface area (Å²) in [6.45, 7) is 0.488. The summed E-state index contributed by atoms with van der Waals surface area (Å²) < 4.78 is 0. The molecule has 1 amide bonds. The second kappa shape index (κ2) is 5.69. The van der Waals surface area contributed by atoms with Crippen LogP contribution in [0.3, 0.4) is 0 Å². The Hall–Kier alpha value is -2.11. The minimum absolute atomic E-state index is 0.0997. The van der Waals surface area contributed by atoms with Gasteiger partial charge in [-0.1, -0.05) is 0 Å². The number of rotatable bonds is 6. The Bertz CT molecular complexity index is 393. The number of carbonyl (C=O) groups is 2. The highest BCUT2D eigenvalue weighted by molar-refractivity contribution is 5.93. The first-order valence-corrected chi connectivity index (χ1v) is 4.81. The maximum Gasteiger partial charge on any atom is 0.303 e. The van der Waals surface area contributed by atoms with Crippen LogP contribution in [-0.2, 0) is 4.79 Å². The summed E-state index contributed by atoms with van der Waals surface area (Å²) in [6, 6.07) is 3.05. The molecule has 4 N–H and O–H groups in total. The zero-order valence-electron chi connectivity index (χ0n) is 8.64. The number of aliphatic carboxylic acids is 1. The minimum atomic E-state index is -0.833. The van der Waals surface area contributed by atoms with Crippen LogP contribution in [0.4, 0.5) is 5.82 Å². The molecule has 6 heteroatoms. The lowest BCUT2D eigenvalue weighted by atomic mass is 10.2. The molecule has 0 saturated carbocycles. The number of hydrogen-bond acceptors (Lipinski definition) is 4. The standard InChI is InChI=1S/C10H13N3O3/c11-10(16)7-3-5-13-8(6-7)12-4-1-2-9(14)15/h3,5-6H,1-2,4H2,(H2,11,16)(H,12,13)(H,14,15). The quantitative estimate of drug-likeness (QED) is 0.607. The summed E-state index contributed by atoms with van der Waals surface area (Å²) in [7, 11) is 0. The van der Waals surface area contributed by atoms with Gasteiger partial charge in [0.15, 0.2) is 0 Å². The molecule has 0 aliphatic carbocycles. The topological polar surface area (TPSA) is 105 Å². The summed E-state index contributed by atoms with van der Waals surface area (Å²) in [5, 5.41) is 11.3. The van der Waals surface area contributed by atoms with Gasteiger partial charge in [-0.25, -0.2) is 4.98 Å². The fraction of sp³-hybridized carbons (Fsp3) is 0.300. The van der Waals surface area contributed by atoms with Crippen molar-refractivity contribution in [1.29, 1.82) is 0 Å². The van der Waals surface area contributed by atoms with Crippen LogP contribution in [0, 0.1) is 0 Å². The number of nitrogens with zero attached hydrogens (tertiary/aromatic N) is 1. The molecule has 0 aromatic carbocycles. The first-order valence-electron chi connectivity index (χ1n) is 4.81. The number of aromatic nitrogens is 1. The highest BCUT2D eigenvalue weighted by Gasteiger charge is 2.02. The fourth-order valence-corrected chi connectivity index (χ4v) is 1.14. The molecular weight excluding hydrogens is 210 g/mol. The monoisotopic (exact) mass is 223 g/mol. The molecule has 1 heterocycles. The van der Waals surface area contributed by atoms with Gasteiger partial charge in [0.1, 0.15) is 5.82 Å². The Balaban J connectivity index is 2.45. The zero-order chi connectivity index (χ0) is 12.0. The van der Waals surface area contributed by atoms with E-state index in [0.717, 1.165) is 0 Å². The van der Waals surface area contributed by atoms with Gasteiger partial charge in [0.2, 0.25) is 5.91 Å². The third-order valence-electron chi connectivity index (χ3n) is 1.92. The summed E-state index contributed by atoms with van der Waals surface area (Å²) >= 11 is 0. The number of carbonyl (C=O) groups excluding carboxylic acids is 1. The van der Waals surface area contributed by atoms with E-state index in [2.05, 4.69) is 10.3 Å². The molecule has 1 aromatic rings. The molecule has 16 heavy (non-hydrogen) atoms. The maximum atomic E-state index is 10.9. The SMILES string of the molecule is NC(=O)c1ccnc(NCCCC(=O)O)c1. The molecule has 0 fully saturated rings. The van der Waals surface area contributed by atoms with Crippen molar-refractivity contribution in [2.45, 2.75) is 12.8 Å². The van der Waals surface area contributed by atoms with Crippen molar-refractivity contribution in [3.05, 3.63) is 23.9 Å². The maximum absolute atomic E-state index is 10.9. The first-order chi connectivity index (χ1) is 7.59. The third kappa shape index (κ3) is 3.95. The van der Waals surface area contributed by atoms with E-state index in [9.17, 15) is 9.59 Å². The van der Waals surface area contributed by atoms with Crippen molar-refractivity contribution in [2.75, 3.05) is 11.9 Å². The van der Waals surface area contributed by atoms with Gasteiger partial charge in [0.25, 0.3) is 0 Å². The molecule has 1 aromatic heterocycles. The van der Waals surface area contributed by atoms with Crippen LogP contribution in [0.25, 0.3) is 0 Å². The smallest absolute Gasteiger partial charge is 0.303 e. The van der Waals surface area contributed by atoms with E-state index in [0.29, 0.717) is 24.3 Å². The lowest BCUT2D eigenvalue weighted by Crippen LogP contribution is -2.12. The minimum Gasteiger partial charge on any atom is -0.481 e. The molecule has 0 saturated heterocycles. The number of carboxylic acid groups (broad SMARTS) is 1. The Kier molecular flexibility index (Phi) is 4.26. The molecular formula is C10H13N3O3. The molecule has 0 aliphatic rings. The van der Waals surface area contributed by atoms with Gasteiger partial charge in [0, 0.05) is 24.7 Å². The van der Waals surface area contributed by atoms with Crippen LogP contribution in [0.2, 0.25) is 0 Å². The van der Waals surface area contributed by atoms with Gasteiger partial charge in [-0.05, 0) is 18.6 Å². The third-order valence-corrected chi connectivity index (χ3v) is 1.92. The van der Waals surface area contributed by atoms with E-state index in [1.807, 2.05) is 0 Å². The van der Waals surface area contributed by atoms with E-state index in [1.54, 1.807) is 0 Å². The highest BCUT2D eigenvalue weighted by atomic mass is 16.4. The molecule has 0 unspecified atom stereocenters. The average molecular weight is 223 g/mol. The highest BCUT2D eigenvalue weighted by Crippen LogP contribution is 2.06. The second-order valence-corrected chi connectivity index (χ2v) is 3.22.